The van der Waals surface area contributed by atoms with Crippen LogP contribution in [0.4, 0.5) is 10.6 Å². The molecule has 1 atom stereocenters. The standard InChI is InChI=1S/C22H35N3O2/c1-16(2)24-14-8-11-19(24)17-12-13-20(23-15-17)25(18-9-6-7-10-18)21(26)27-22(3,4)5/h12-13,15-16,18-19H,6-11,14H2,1-5H3/t19-/m1/s1. The molecular weight excluding hydrogens is 338 g/mol. The number of carbonyl (C=O) groups excluding carboxylic acids is 1. The molecule has 3 rings (SSSR count). The second-order valence-electron chi connectivity index (χ2n) is 9.23. The zero-order valence-corrected chi connectivity index (χ0v) is 17.6. The third kappa shape index (κ3) is 4.81. The number of hydrogen-bond acceptors (Lipinski definition) is 4. The quantitative estimate of drug-likeness (QED) is 0.717. The number of aromatic nitrogens is 1. The van der Waals surface area contributed by atoms with Crippen LogP contribution in [0.15, 0.2) is 18.3 Å². The number of rotatable bonds is 4. The minimum absolute atomic E-state index is 0.192. The fourth-order valence-corrected chi connectivity index (χ4v) is 4.41. The molecule has 150 valence electrons. The van der Waals surface area contributed by atoms with Crippen molar-refractivity contribution in [1.82, 2.24) is 9.88 Å². The number of hydrogen-bond donors (Lipinski definition) is 0. The molecule has 1 amide bonds. The van der Waals surface area contributed by atoms with E-state index in [1.54, 1.807) is 4.90 Å². The molecule has 2 heterocycles. The van der Waals surface area contributed by atoms with Gasteiger partial charge in [-0.05, 0) is 78.5 Å². The fourth-order valence-electron chi connectivity index (χ4n) is 4.41. The highest BCUT2D eigenvalue weighted by atomic mass is 16.6. The van der Waals surface area contributed by atoms with E-state index >= 15 is 0 Å². The van der Waals surface area contributed by atoms with Gasteiger partial charge in [0, 0.05) is 24.3 Å². The van der Waals surface area contributed by atoms with Crippen LogP contribution in [0.5, 0.6) is 0 Å². The van der Waals surface area contributed by atoms with Crippen LogP contribution in [-0.4, -0.2) is 40.2 Å². The summed E-state index contributed by atoms with van der Waals surface area (Å²) in [6.45, 7) is 11.4. The lowest BCUT2D eigenvalue weighted by molar-refractivity contribution is 0.0564. The predicted molar refractivity (Wildman–Crippen MR) is 109 cm³/mol. The smallest absolute Gasteiger partial charge is 0.416 e. The van der Waals surface area contributed by atoms with Gasteiger partial charge in [0.2, 0.25) is 0 Å². The molecule has 1 saturated heterocycles. The van der Waals surface area contributed by atoms with E-state index in [0.717, 1.165) is 32.2 Å². The van der Waals surface area contributed by atoms with E-state index < -0.39 is 5.60 Å². The molecule has 0 aromatic carbocycles. The lowest BCUT2D eigenvalue weighted by Crippen LogP contribution is -2.43. The Kier molecular flexibility index (Phi) is 6.09. The van der Waals surface area contributed by atoms with Gasteiger partial charge in [0.1, 0.15) is 11.4 Å². The van der Waals surface area contributed by atoms with Crippen LogP contribution < -0.4 is 4.90 Å². The maximum absolute atomic E-state index is 12.9. The van der Waals surface area contributed by atoms with Crippen LogP contribution in [-0.2, 0) is 4.74 Å². The summed E-state index contributed by atoms with van der Waals surface area (Å²) in [6.07, 6.45) is 8.46. The number of ether oxygens (including phenoxy) is 1. The van der Waals surface area contributed by atoms with E-state index in [-0.39, 0.29) is 12.1 Å². The fraction of sp³-hybridized carbons (Fsp3) is 0.727. The van der Waals surface area contributed by atoms with Crippen molar-refractivity contribution in [2.45, 2.75) is 96.9 Å². The summed E-state index contributed by atoms with van der Waals surface area (Å²) in [5.41, 5.74) is 0.746. The van der Waals surface area contributed by atoms with Gasteiger partial charge in [-0.25, -0.2) is 9.78 Å². The molecule has 0 bridgehead atoms. The second-order valence-corrected chi connectivity index (χ2v) is 9.23. The summed E-state index contributed by atoms with van der Waals surface area (Å²) in [7, 11) is 0. The van der Waals surface area contributed by atoms with Crippen LogP contribution in [0.2, 0.25) is 0 Å². The van der Waals surface area contributed by atoms with Crippen molar-refractivity contribution in [2.75, 3.05) is 11.4 Å². The Hall–Kier alpha value is -1.62. The Morgan fingerprint density at radius 1 is 1.19 bits per heavy atom. The molecule has 0 radical (unpaired) electrons. The predicted octanol–water partition coefficient (Wildman–Crippen LogP) is 5.31. The van der Waals surface area contributed by atoms with Gasteiger partial charge in [0.15, 0.2) is 0 Å². The topological polar surface area (TPSA) is 45.7 Å². The van der Waals surface area contributed by atoms with Gasteiger partial charge in [-0.1, -0.05) is 18.9 Å². The molecule has 0 spiro atoms. The van der Waals surface area contributed by atoms with Gasteiger partial charge < -0.3 is 4.74 Å². The molecule has 0 N–H and O–H groups in total. The van der Waals surface area contributed by atoms with Gasteiger partial charge >= 0.3 is 6.09 Å². The van der Waals surface area contributed by atoms with Gasteiger partial charge in [0.25, 0.3) is 0 Å². The van der Waals surface area contributed by atoms with Crippen molar-refractivity contribution >= 4 is 11.9 Å². The molecule has 1 aliphatic heterocycles. The summed E-state index contributed by atoms with van der Waals surface area (Å²) >= 11 is 0. The molecule has 5 nitrogen and oxygen atoms in total. The van der Waals surface area contributed by atoms with Crippen LogP contribution in [0.25, 0.3) is 0 Å². The van der Waals surface area contributed by atoms with Gasteiger partial charge in [-0.3, -0.25) is 9.80 Å². The lowest BCUT2D eigenvalue weighted by atomic mass is 10.1. The molecule has 5 heteroatoms. The molecule has 2 fully saturated rings. The molecule has 1 aliphatic carbocycles. The van der Waals surface area contributed by atoms with E-state index in [1.807, 2.05) is 33.0 Å². The lowest BCUT2D eigenvalue weighted by Gasteiger charge is -2.31. The number of carbonyl (C=O) groups is 1. The average Bonchev–Trinajstić information content (AvgIpc) is 3.25. The van der Waals surface area contributed by atoms with E-state index in [4.69, 9.17) is 9.72 Å². The van der Waals surface area contributed by atoms with Gasteiger partial charge in [-0.2, -0.15) is 0 Å². The zero-order valence-electron chi connectivity index (χ0n) is 17.6. The maximum Gasteiger partial charge on any atom is 0.416 e. The highest BCUT2D eigenvalue weighted by Gasteiger charge is 2.33. The normalized spacial score (nSPS) is 21.8. The third-order valence-electron chi connectivity index (χ3n) is 5.64. The number of anilines is 1. The first-order valence-electron chi connectivity index (χ1n) is 10.5. The van der Waals surface area contributed by atoms with Gasteiger partial charge in [0.05, 0.1) is 0 Å². The Labute approximate surface area is 164 Å². The van der Waals surface area contributed by atoms with Crippen LogP contribution in [0, 0.1) is 0 Å². The van der Waals surface area contributed by atoms with E-state index in [0.29, 0.717) is 17.9 Å². The third-order valence-corrected chi connectivity index (χ3v) is 5.64. The molecule has 1 aromatic heterocycles. The first kappa shape index (κ1) is 20.1. The van der Waals surface area contributed by atoms with Crippen molar-refractivity contribution in [2.24, 2.45) is 0 Å². The molecule has 2 aliphatic rings. The van der Waals surface area contributed by atoms with E-state index in [9.17, 15) is 4.79 Å². The Bertz CT molecular complexity index is 630. The first-order valence-corrected chi connectivity index (χ1v) is 10.5. The van der Waals surface area contributed by atoms with Crippen molar-refractivity contribution in [3.05, 3.63) is 23.9 Å². The SMILES string of the molecule is CC(C)N1CCC[C@@H]1c1ccc(N(C(=O)OC(C)(C)C)C2CCCC2)nc1. The van der Waals surface area contributed by atoms with E-state index in [2.05, 4.69) is 24.8 Å². The van der Waals surface area contributed by atoms with Crippen LogP contribution in [0.3, 0.4) is 0 Å². The highest BCUT2D eigenvalue weighted by Crippen LogP contribution is 2.34. The van der Waals surface area contributed by atoms with Gasteiger partial charge in [-0.15, -0.1) is 0 Å². The molecule has 1 aromatic rings. The minimum Gasteiger partial charge on any atom is -0.443 e. The molecule has 0 unspecified atom stereocenters. The first-order chi connectivity index (χ1) is 12.8. The van der Waals surface area contributed by atoms with Crippen LogP contribution >= 0.6 is 0 Å². The van der Waals surface area contributed by atoms with Crippen molar-refractivity contribution < 1.29 is 9.53 Å². The number of likely N-dealkylation sites (tertiary alicyclic amines) is 1. The summed E-state index contributed by atoms with van der Waals surface area (Å²) < 4.78 is 5.68. The number of nitrogens with zero attached hydrogens (tertiary/aromatic N) is 3. The Balaban J connectivity index is 1.81. The highest BCUT2D eigenvalue weighted by molar-refractivity contribution is 5.87. The number of amides is 1. The Morgan fingerprint density at radius 3 is 2.44 bits per heavy atom. The zero-order chi connectivity index (χ0) is 19.6. The summed E-state index contributed by atoms with van der Waals surface area (Å²) in [5, 5.41) is 0. The molecular formula is C22H35N3O2. The molecule has 1 saturated carbocycles. The van der Waals surface area contributed by atoms with Crippen molar-refractivity contribution in [3.8, 4) is 0 Å². The minimum atomic E-state index is -0.504. The number of pyridine rings is 1. The van der Waals surface area contributed by atoms with Crippen molar-refractivity contribution in [1.29, 1.82) is 0 Å². The summed E-state index contributed by atoms with van der Waals surface area (Å²) in [6, 6.07) is 5.33. The molecule has 27 heavy (non-hydrogen) atoms. The maximum atomic E-state index is 12.9. The average molecular weight is 374 g/mol. The van der Waals surface area contributed by atoms with Crippen LogP contribution in [0.1, 0.15) is 84.7 Å². The largest absolute Gasteiger partial charge is 0.443 e. The second kappa shape index (κ2) is 8.17. The summed E-state index contributed by atoms with van der Waals surface area (Å²) in [4.78, 5) is 21.9. The van der Waals surface area contributed by atoms with Crippen molar-refractivity contribution in [3.63, 3.8) is 0 Å². The summed E-state index contributed by atoms with van der Waals surface area (Å²) in [5.74, 6) is 0.717. The van der Waals surface area contributed by atoms with E-state index in [1.165, 1.54) is 18.4 Å². The Morgan fingerprint density at radius 2 is 1.89 bits per heavy atom. The monoisotopic (exact) mass is 373 g/mol.